The molecule has 15 heavy (non-hydrogen) atoms. The monoisotopic (exact) mass is 347 g/mol. The fraction of sp³-hybridized carbons (Fsp3) is 0.625. The zero-order valence-electron chi connectivity index (χ0n) is 8.77. The molecule has 0 atom stereocenters. The maximum atomic E-state index is 11.0. The Morgan fingerprint density at radius 3 is 2.67 bits per heavy atom. The van der Waals surface area contributed by atoms with Gasteiger partial charge < -0.3 is 11.1 Å². The van der Waals surface area contributed by atoms with Crippen molar-refractivity contribution in [3.05, 3.63) is 12.7 Å². The molecule has 0 saturated heterocycles. The normalized spacial score (nSPS) is 11.7. The Kier molecular flexibility index (Phi) is 10.2. The predicted molar refractivity (Wildman–Crippen MR) is 74.4 cm³/mol. The summed E-state index contributed by atoms with van der Waals surface area (Å²) in [6, 6.07) is 0. The van der Waals surface area contributed by atoms with E-state index in [0.717, 1.165) is 0 Å². The molecule has 0 unspecified atom stereocenters. The van der Waals surface area contributed by atoms with E-state index in [1.807, 2.05) is 0 Å². The molecule has 0 aromatic heterocycles. The zero-order valence-corrected chi connectivity index (χ0v) is 11.9. The average molecular weight is 347 g/mol. The van der Waals surface area contributed by atoms with Crippen LogP contribution in [0.25, 0.3) is 0 Å². The minimum Gasteiger partial charge on any atom is -0.370 e. The topological polar surface area (TPSA) is 84.5 Å². The van der Waals surface area contributed by atoms with Gasteiger partial charge in [0.25, 0.3) is 0 Å². The molecule has 90 valence electrons. The van der Waals surface area contributed by atoms with Gasteiger partial charge in [-0.05, 0) is 0 Å². The highest BCUT2D eigenvalue weighted by Crippen LogP contribution is 1.88. The van der Waals surface area contributed by atoms with Gasteiger partial charge >= 0.3 is 0 Å². The zero-order chi connectivity index (χ0) is 11.0. The summed E-state index contributed by atoms with van der Waals surface area (Å²) in [6.07, 6.45) is 1.64. The van der Waals surface area contributed by atoms with Gasteiger partial charge in [-0.2, -0.15) is 0 Å². The smallest absolute Gasteiger partial charge is 0.188 e. The highest BCUT2D eigenvalue weighted by Gasteiger charge is 2.05. The molecule has 5 nitrogen and oxygen atoms in total. The van der Waals surface area contributed by atoms with Crippen LogP contribution in [0, 0.1) is 0 Å². The summed E-state index contributed by atoms with van der Waals surface area (Å²) in [5.41, 5.74) is 5.43. The third-order valence-corrected chi connectivity index (χ3v) is 3.24. The van der Waals surface area contributed by atoms with Crippen molar-refractivity contribution in [1.82, 2.24) is 5.32 Å². The summed E-state index contributed by atoms with van der Waals surface area (Å²) >= 11 is 0. The van der Waals surface area contributed by atoms with E-state index in [9.17, 15) is 8.42 Å². The molecule has 0 rings (SSSR count). The van der Waals surface area contributed by atoms with Crippen LogP contribution >= 0.6 is 24.0 Å². The van der Waals surface area contributed by atoms with Crippen molar-refractivity contribution in [2.45, 2.75) is 6.92 Å². The molecule has 0 bridgehead atoms. The number of aliphatic imine (C=N–C) groups is 1. The van der Waals surface area contributed by atoms with Crippen LogP contribution in [-0.2, 0) is 9.84 Å². The van der Waals surface area contributed by atoms with Crippen LogP contribution in [0.1, 0.15) is 6.92 Å². The van der Waals surface area contributed by atoms with Gasteiger partial charge in [-0.1, -0.05) is 13.0 Å². The summed E-state index contributed by atoms with van der Waals surface area (Å²) in [7, 11) is -2.95. The second kappa shape index (κ2) is 8.96. The Morgan fingerprint density at radius 1 is 1.60 bits per heavy atom. The van der Waals surface area contributed by atoms with Gasteiger partial charge in [0.05, 0.1) is 12.3 Å². The molecule has 0 fully saturated rings. The number of nitrogens with one attached hydrogen (secondary N) is 1. The first-order valence-electron chi connectivity index (χ1n) is 4.37. The van der Waals surface area contributed by atoms with Crippen LogP contribution in [0.3, 0.4) is 0 Å². The molecule has 0 saturated carbocycles. The SMILES string of the molecule is C=CCNC(N)=NCCS(=O)(=O)CC.I. The first-order chi connectivity index (χ1) is 6.52. The van der Waals surface area contributed by atoms with Crippen LogP contribution in [0.2, 0.25) is 0 Å². The van der Waals surface area contributed by atoms with Crippen molar-refractivity contribution in [3.63, 3.8) is 0 Å². The molecule has 0 aromatic rings. The molecule has 0 heterocycles. The van der Waals surface area contributed by atoms with E-state index in [4.69, 9.17) is 5.73 Å². The van der Waals surface area contributed by atoms with Gasteiger partial charge in [-0.25, -0.2) is 8.42 Å². The molecule has 0 aliphatic heterocycles. The van der Waals surface area contributed by atoms with Crippen LogP contribution in [0.15, 0.2) is 17.6 Å². The number of nitrogens with zero attached hydrogens (tertiary/aromatic N) is 1. The van der Waals surface area contributed by atoms with Crippen molar-refractivity contribution in [3.8, 4) is 0 Å². The number of hydrogen-bond acceptors (Lipinski definition) is 3. The van der Waals surface area contributed by atoms with Gasteiger partial charge in [0.1, 0.15) is 0 Å². The second-order valence-corrected chi connectivity index (χ2v) is 5.15. The third-order valence-electron chi connectivity index (χ3n) is 1.55. The lowest BCUT2D eigenvalue weighted by Gasteiger charge is -2.02. The van der Waals surface area contributed by atoms with Crippen molar-refractivity contribution in [1.29, 1.82) is 0 Å². The molecular weight excluding hydrogens is 329 g/mol. The van der Waals surface area contributed by atoms with Gasteiger partial charge in [-0.3, -0.25) is 4.99 Å². The number of halogens is 1. The van der Waals surface area contributed by atoms with Gasteiger partial charge in [-0.15, -0.1) is 30.6 Å². The van der Waals surface area contributed by atoms with Gasteiger partial charge in [0.2, 0.25) is 0 Å². The highest BCUT2D eigenvalue weighted by molar-refractivity contribution is 14.0. The van der Waals surface area contributed by atoms with Crippen LogP contribution in [0.5, 0.6) is 0 Å². The fourth-order valence-corrected chi connectivity index (χ4v) is 1.34. The van der Waals surface area contributed by atoms with Crippen molar-refractivity contribution in [2.75, 3.05) is 24.6 Å². The molecule has 0 spiro atoms. The molecule has 0 aromatic carbocycles. The summed E-state index contributed by atoms with van der Waals surface area (Å²) in [5.74, 6) is 0.430. The molecule has 0 aliphatic rings. The molecule has 0 amide bonds. The number of rotatable bonds is 6. The maximum absolute atomic E-state index is 11.0. The van der Waals surface area contributed by atoms with Crippen molar-refractivity contribution >= 4 is 39.8 Å². The second-order valence-electron chi connectivity index (χ2n) is 2.67. The van der Waals surface area contributed by atoms with Crippen LogP contribution in [-0.4, -0.2) is 39.0 Å². The Bertz CT molecular complexity index is 301. The molecular formula is C8H18IN3O2S. The average Bonchev–Trinajstić information content (AvgIpc) is 2.14. The largest absolute Gasteiger partial charge is 0.370 e. The minimum absolute atomic E-state index is 0. The first-order valence-corrected chi connectivity index (χ1v) is 6.19. The molecule has 3 N–H and O–H groups in total. The first kappa shape index (κ1) is 17.1. The van der Waals surface area contributed by atoms with Crippen LogP contribution < -0.4 is 11.1 Å². The lowest BCUT2D eigenvalue weighted by atomic mass is 10.6. The quantitative estimate of drug-likeness (QED) is 0.310. The number of hydrogen-bond donors (Lipinski definition) is 2. The molecule has 0 aliphatic carbocycles. The third kappa shape index (κ3) is 9.98. The molecule has 0 radical (unpaired) electrons. The van der Waals surface area contributed by atoms with Crippen molar-refractivity contribution < 1.29 is 8.42 Å². The van der Waals surface area contributed by atoms with E-state index in [0.29, 0.717) is 6.54 Å². The Morgan fingerprint density at radius 2 is 2.20 bits per heavy atom. The van der Waals surface area contributed by atoms with Crippen molar-refractivity contribution in [2.24, 2.45) is 10.7 Å². The summed E-state index contributed by atoms with van der Waals surface area (Å²) in [6.45, 7) is 5.83. The van der Waals surface area contributed by atoms with E-state index in [2.05, 4.69) is 16.9 Å². The Balaban J connectivity index is 0. The van der Waals surface area contributed by atoms with E-state index in [1.54, 1.807) is 13.0 Å². The Hall–Kier alpha value is -0.310. The van der Waals surface area contributed by atoms with Crippen LogP contribution in [0.4, 0.5) is 0 Å². The minimum atomic E-state index is -2.95. The van der Waals surface area contributed by atoms with E-state index in [1.165, 1.54) is 0 Å². The highest BCUT2D eigenvalue weighted by atomic mass is 127. The number of nitrogens with two attached hydrogens (primary N) is 1. The van der Waals surface area contributed by atoms with E-state index in [-0.39, 0.29) is 48.0 Å². The van der Waals surface area contributed by atoms with E-state index < -0.39 is 9.84 Å². The lowest BCUT2D eigenvalue weighted by molar-refractivity contribution is 0.597. The van der Waals surface area contributed by atoms with Gasteiger partial charge in [0.15, 0.2) is 15.8 Å². The predicted octanol–water partition coefficient (Wildman–Crippen LogP) is 0.129. The van der Waals surface area contributed by atoms with Gasteiger partial charge in [0, 0.05) is 12.3 Å². The molecule has 7 heteroatoms. The Labute approximate surface area is 108 Å². The van der Waals surface area contributed by atoms with E-state index >= 15 is 0 Å². The summed E-state index contributed by atoms with van der Waals surface area (Å²) < 4.78 is 22.1. The standard InChI is InChI=1S/C8H17N3O2S.HI/c1-3-5-10-8(9)11-6-7-14(12,13)4-2;/h3H,1,4-7H2,2H3,(H3,9,10,11);1H. The number of sulfone groups is 1. The summed E-state index contributed by atoms with van der Waals surface area (Å²) in [4.78, 5) is 3.85. The maximum Gasteiger partial charge on any atom is 0.188 e. The lowest BCUT2D eigenvalue weighted by Crippen LogP contribution is -2.32. The fourth-order valence-electron chi connectivity index (χ4n) is 0.682. The summed E-state index contributed by atoms with van der Waals surface area (Å²) in [5, 5.41) is 2.75. The number of guanidine groups is 1.